The van der Waals surface area contributed by atoms with Crippen molar-refractivity contribution in [1.82, 2.24) is 0 Å². The molecule has 1 aliphatic heterocycles. The first-order chi connectivity index (χ1) is 17.0. The lowest BCUT2D eigenvalue weighted by Gasteiger charge is -2.32. The van der Waals surface area contributed by atoms with Crippen molar-refractivity contribution in [3.63, 3.8) is 0 Å². The SMILES string of the molecule is CCOC(=O)C1CCN(c2ccc([N+](=O)[O-])c(Oc3ccc(C(=O)c4ccccc4)cc3)c2)CC1. The van der Waals surface area contributed by atoms with Gasteiger partial charge in [-0.3, -0.25) is 19.7 Å². The number of hydrogen-bond donors (Lipinski definition) is 0. The Morgan fingerprint density at radius 3 is 2.26 bits per heavy atom. The van der Waals surface area contributed by atoms with E-state index in [2.05, 4.69) is 4.90 Å². The molecule has 0 bridgehead atoms. The molecular formula is C27H26N2O6. The molecule has 0 saturated carbocycles. The molecule has 180 valence electrons. The van der Waals surface area contributed by atoms with Crippen molar-refractivity contribution in [3.05, 3.63) is 94.0 Å². The van der Waals surface area contributed by atoms with Gasteiger partial charge in [-0.25, -0.2) is 0 Å². The highest BCUT2D eigenvalue weighted by Gasteiger charge is 2.27. The van der Waals surface area contributed by atoms with Gasteiger partial charge >= 0.3 is 11.7 Å². The molecular weight excluding hydrogens is 448 g/mol. The second-order valence-corrected chi connectivity index (χ2v) is 8.24. The first kappa shape index (κ1) is 23.9. The van der Waals surface area contributed by atoms with Crippen LogP contribution in [0.2, 0.25) is 0 Å². The molecule has 0 N–H and O–H groups in total. The molecule has 1 saturated heterocycles. The predicted octanol–water partition coefficient (Wildman–Crippen LogP) is 5.40. The average molecular weight is 475 g/mol. The largest absolute Gasteiger partial charge is 0.466 e. The minimum Gasteiger partial charge on any atom is -0.466 e. The van der Waals surface area contributed by atoms with Crippen molar-refractivity contribution < 1.29 is 24.0 Å². The van der Waals surface area contributed by atoms with E-state index in [1.807, 2.05) is 6.07 Å². The summed E-state index contributed by atoms with van der Waals surface area (Å²) >= 11 is 0. The molecule has 3 aromatic carbocycles. The van der Waals surface area contributed by atoms with Gasteiger partial charge in [0, 0.05) is 42.0 Å². The first-order valence-corrected chi connectivity index (χ1v) is 11.5. The molecule has 0 spiro atoms. The van der Waals surface area contributed by atoms with Gasteiger partial charge in [0.25, 0.3) is 0 Å². The van der Waals surface area contributed by atoms with E-state index in [9.17, 15) is 19.7 Å². The van der Waals surface area contributed by atoms with Crippen LogP contribution in [0.25, 0.3) is 0 Å². The molecule has 4 rings (SSSR count). The minimum absolute atomic E-state index is 0.113. The Kier molecular flexibility index (Phi) is 7.40. The average Bonchev–Trinajstić information content (AvgIpc) is 2.89. The Hall–Kier alpha value is -4.20. The van der Waals surface area contributed by atoms with Crippen LogP contribution in [-0.4, -0.2) is 36.4 Å². The zero-order valence-corrected chi connectivity index (χ0v) is 19.4. The van der Waals surface area contributed by atoms with Crippen LogP contribution < -0.4 is 9.64 Å². The Bertz CT molecular complexity index is 1200. The fourth-order valence-electron chi connectivity index (χ4n) is 4.12. The maximum absolute atomic E-state index is 12.6. The summed E-state index contributed by atoms with van der Waals surface area (Å²) in [7, 11) is 0. The summed E-state index contributed by atoms with van der Waals surface area (Å²) < 4.78 is 11.0. The van der Waals surface area contributed by atoms with Gasteiger partial charge in [0.05, 0.1) is 17.4 Å². The van der Waals surface area contributed by atoms with Crippen LogP contribution in [0.5, 0.6) is 11.5 Å². The third kappa shape index (κ3) is 5.66. The number of carbonyl (C=O) groups excluding carboxylic acids is 2. The van der Waals surface area contributed by atoms with E-state index >= 15 is 0 Å². The normalized spacial score (nSPS) is 13.8. The van der Waals surface area contributed by atoms with Gasteiger partial charge in [0.2, 0.25) is 5.75 Å². The van der Waals surface area contributed by atoms with E-state index in [0.29, 0.717) is 49.4 Å². The monoisotopic (exact) mass is 474 g/mol. The van der Waals surface area contributed by atoms with Crippen molar-refractivity contribution in [1.29, 1.82) is 0 Å². The molecule has 1 heterocycles. The van der Waals surface area contributed by atoms with Gasteiger partial charge in [-0.1, -0.05) is 30.3 Å². The van der Waals surface area contributed by atoms with Gasteiger partial charge in [0.15, 0.2) is 5.78 Å². The highest BCUT2D eigenvalue weighted by Crippen LogP contribution is 2.36. The van der Waals surface area contributed by atoms with Crippen LogP contribution in [-0.2, 0) is 9.53 Å². The van der Waals surface area contributed by atoms with E-state index < -0.39 is 4.92 Å². The maximum atomic E-state index is 12.6. The number of rotatable bonds is 8. The van der Waals surface area contributed by atoms with Crippen LogP contribution in [0, 0.1) is 16.0 Å². The zero-order valence-electron chi connectivity index (χ0n) is 19.4. The second-order valence-electron chi connectivity index (χ2n) is 8.24. The summed E-state index contributed by atoms with van der Waals surface area (Å²) in [6.45, 7) is 3.43. The molecule has 8 nitrogen and oxygen atoms in total. The van der Waals surface area contributed by atoms with Crippen molar-refractivity contribution in [2.24, 2.45) is 5.92 Å². The summed E-state index contributed by atoms with van der Waals surface area (Å²) in [6.07, 6.45) is 1.31. The minimum atomic E-state index is -0.487. The Balaban J connectivity index is 1.49. The number of nitro benzene ring substituents is 1. The number of nitrogens with zero attached hydrogens (tertiary/aromatic N) is 2. The van der Waals surface area contributed by atoms with E-state index in [1.165, 1.54) is 6.07 Å². The van der Waals surface area contributed by atoms with Crippen molar-refractivity contribution in [3.8, 4) is 11.5 Å². The summed E-state index contributed by atoms with van der Waals surface area (Å²) in [5.74, 6) is 0.0838. The molecule has 0 unspecified atom stereocenters. The zero-order chi connectivity index (χ0) is 24.8. The van der Waals surface area contributed by atoms with Crippen molar-refractivity contribution >= 4 is 23.1 Å². The molecule has 8 heteroatoms. The molecule has 35 heavy (non-hydrogen) atoms. The number of nitro groups is 1. The smallest absolute Gasteiger partial charge is 0.311 e. The van der Waals surface area contributed by atoms with E-state index in [1.54, 1.807) is 67.6 Å². The quantitative estimate of drug-likeness (QED) is 0.187. The summed E-state index contributed by atoms with van der Waals surface area (Å²) in [6, 6.07) is 20.2. The van der Waals surface area contributed by atoms with Crippen LogP contribution >= 0.6 is 0 Å². The Morgan fingerprint density at radius 1 is 0.971 bits per heavy atom. The van der Waals surface area contributed by atoms with Crippen LogP contribution in [0.1, 0.15) is 35.7 Å². The number of ether oxygens (including phenoxy) is 2. The first-order valence-electron chi connectivity index (χ1n) is 11.5. The van der Waals surface area contributed by atoms with Gasteiger partial charge in [-0.15, -0.1) is 0 Å². The van der Waals surface area contributed by atoms with Crippen LogP contribution in [0.15, 0.2) is 72.8 Å². The molecule has 0 aliphatic carbocycles. The predicted molar refractivity (Wildman–Crippen MR) is 131 cm³/mol. The van der Waals surface area contributed by atoms with Crippen molar-refractivity contribution in [2.75, 3.05) is 24.6 Å². The van der Waals surface area contributed by atoms with Gasteiger partial charge in [-0.05, 0) is 50.1 Å². The number of carbonyl (C=O) groups is 2. The van der Waals surface area contributed by atoms with E-state index in [-0.39, 0.29) is 29.1 Å². The lowest BCUT2D eigenvalue weighted by atomic mass is 9.96. The fourth-order valence-corrected chi connectivity index (χ4v) is 4.12. The highest BCUT2D eigenvalue weighted by atomic mass is 16.6. The van der Waals surface area contributed by atoms with Gasteiger partial charge in [-0.2, -0.15) is 0 Å². The molecule has 0 radical (unpaired) electrons. The third-order valence-electron chi connectivity index (χ3n) is 6.00. The molecule has 1 aliphatic rings. The molecule has 0 amide bonds. The number of hydrogen-bond acceptors (Lipinski definition) is 7. The number of piperidine rings is 1. The van der Waals surface area contributed by atoms with Crippen LogP contribution in [0.3, 0.4) is 0 Å². The van der Waals surface area contributed by atoms with E-state index in [4.69, 9.17) is 9.47 Å². The van der Waals surface area contributed by atoms with Gasteiger partial charge < -0.3 is 14.4 Å². The number of esters is 1. The Labute approximate surface area is 203 Å². The molecule has 0 atom stereocenters. The highest BCUT2D eigenvalue weighted by molar-refractivity contribution is 6.09. The maximum Gasteiger partial charge on any atom is 0.311 e. The molecule has 0 aromatic heterocycles. The lowest BCUT2D eigenvalue weighted by Crippen LogP contribution is -2.37. The summed E-state index contributed by atoms with van der Waals surface area (Å²) in [5, 5.41) is 11.6. The lowest BCUT2D eigenvalue weighted by molar-refractivity contribution is -0.385. The summed E-state index contributed by atoms with van der Waals surface area (Å²) in [4.78, 5) is 37.8. The number of benzene rings is 3. The third-order valence-corrected chi connectivity index (χ3v) is 6.00. The second kappa shape index (κ2) is 10.8. The van der Waals surface area contributed by atoms with Gasteiger partial charge in [0.1, 0.15) is 5.75 Å². The molecule has 3 aromatic rings. The Morgan fingerprint density at radius 2 is 1.63 bits per heavy atom. The standard InChI is InChI=1S/C27H26N2O6/c1-2-34-27(31)21-14-16-28(17-15-21)22-10-13-24(29(32)33)25(18-22)35-23-11-8-20(9-12-23)26(30)19-6-4-3-5-7-19/h3-13,18,21H,2,14-17H2,1H3. The van der Waals surface area contributed by atoms with E-state index in [0.717, 1.165) is 5.69 Å². The fraction of sp³-hybridized carbons (Fsp3) is 0.259. The van der Waals surface area contributed by atoms with Crippen LogP contribution in [0.4, 0.5) is 11.4 Å². The van der Waals surface area contributed by atoms with Crippen molar-refractivity contribution in [2.45, 2.75) is 19.8 Å². The number of ketones is 1. The summed E-state index contributed by atoms with van der Waals surface area (Å²) in [5.41, 5.74) is 1.70. The number of anilines is 1. The molecule has 1 fully saturated rings. The topological polar surface area (TPSA) is 99.0 Å².